The van der Waals surface area contributed by atoms with Gasteiger partial charge < -0.3 is 10.3 Å². The molecule has 144 valence electrons. The van der Waals surface area contributed by atoms with Crippen molar-refractivity contribution in [1.82, 2.24) is 14.9 Å². The molecule has 0 aliphatic heterocycles. The number of hydrogen-bond donors (Lipinski definition) is 2. The smallest absolute Gasteiger partial charge is 0.328 e. The van der Waals surface area contributed by atoms with Gasteiger partial charge in [0.1, 0.15) is 11.4 Å². The van der Waals surface area contributed by atoms with Gasteiger partial charge in [0.25, 0.3) is 11.5 Å². The highest BCUT2D eigenvalue weighted by atomic mass is 35.5. The lowest BCUT2D eigenvalue weighted by Gasteiger charge is -2.09. The highest BCUT2D eigenvalue weighted by Crippen LogP contribution is 2.20. The fourth-order valence-electron chi connectivity index (χ4n) is 2.55. The molecule has 2 N–H and O–H groups in total. The number of hydrogen-bond acceptors (Lipinski definition) is 3. The number of carbonyl (C=O) groups is 1. The summed E-state index contributed by atoms with van der Waals surface area (Å²) in [5.74, 6) is -1.25. The van der Waals surface area contributed by atoms with Crippen LogP contribution in [0.4, 0.5) is 4.39 Å². The molecule has 1 amide bonds. The van der Waals surface area contributed by atoms with Crippen LogP contribution in [-0.2, 0) is 13.1 Å². The molecule has 0 saturated heterocycles. The van der Waals surface area contributed by atoms with E-state index in [0.717, 1.165) is 10.8 Å². The Morgan fingerprint density at radius 2 is 1.86 bits per heavy atom. The summed E-state index contributed by atoms with van der Waals surface area (Å²) in [5, 5.41) is 3.38. The van der Waals surface area contributed by atoms with Gasteiger partial charge >= 0.3 is 5.69 Å². The second-order valence-electron chi connectivity index (χ2n) is 5.91. The third kappa shape index (κ3) is 4.32. The fraction of sp³-hybridized carbons (Fsp3) is 0.105. The average Bonchev–Trinajstić information content (AvgIpc) is 2.65. The van der Waals surface area contributed by atoms with E-state index in [0.29, 0.717) is 15.6 Å². The molecule has 0 atom stereocenters. The van der Waals surface area contributed by atoms with Crippen molar-refractivity contribution in [3.63, 3.8) is 0 Å². The number of H-pyrrole nitrogens is 1. The largest absolute Gasteiger partial charge is 0.348 e. The maximum absolute atomic E-state index is 13.8. The Morgan fingerprint density at radius 3 is 2.57 bits per heavy atom. The number of carbonyl (C=O) groups excluding carboxylic acids is 1. The first-order valence-corrected chi connectivity index (χ1v) is 8.90. The molecule has 28 heavy (non-hydrogen) atoms. The number of benzene rings is 2. The Labute approximate surface area is 168 Å². The zero-order valence-electron chi connectivity index (χ0n) is 14.3. The van der Waals surface area contributed by atoms with E-state index < -0.39 is 23.0 Å². The molecule has 0 fully saturated rings. The van der Waals surface area contributed by atoms with Crippen molar-refractivity contribution >= 4 is 29.1 Å². The quantitative estimate of drug-likeness (QED) is 0.663. The molecule has 2 aromatic carbocycles. The summed E-state index contributed by atoms with van der Waals surface area (Å²) in [6.45, 7) is -0.244. The summed E-state index contributed by atoms with van der Waals surface area (Å²) in [5.41, 5.74) is -1.09. The van der Waals surface area contributed by atoms with Crippen LogP contribution in [0, 0.1) is 5.82 Å². The van der Waals surface area contributed by atoms with Crippen molar-refractivity contribution in [3.05, 3.63) is 102 Å². The number of aromatic nitrogens is 2. The van der Waals surface area contributed by atoms with Crippen LogP contribution in [0.3, 0.4) is 0 Å². The van der Waals surface area contributed by atoms with E-state index in [4.69, 9.17) is 23.2 Å². The highest BCUT2D eigenvalue weighted by molar-refractivity contribution is 6.35. The Morgan fingerprint density at radius 1 is 1.11 bits per heavy atom. The monoisotopic (exact) mass is 421 g/mol. The van der Waals surface area contributed by atoms with Gasteiger partial charge in [0.15, 0.2) is 0 Å². The number of amides is 1. The summed E-state index contributed by atoms with van der Waals surface area (Å²) in [7, 11) is 0. The van der Waals surface area contributed by atoms with Crippen molar-refractivity contribution in [2.45, 2.75) is 13.1 Å². The van der Waals surface area contributed by atoms with Crippen molar-refractivity contribution in [1.29, 1.82) is 0 Å². The summed E-state index contributed by atoms with van der Waals surface area (Å²) < 4.78 is 14.6. The van der Waals surface area contributed by atoms with Crippen molar-refractivity contribution < 1.29 is 9.18 Å². The van der Waals surface area contributed by atoms with E-state index in [1.165, 1.54) is 24.3 Å². The van der Waals surface area contributed by atoms with Gasteiger partial charge in [-0.25, -0.2) is 9.18 Å². The minimum absolute atomic E-state index is 0.0563. The number of rotatable bonds is 5. The number of nitrogens with zero attached hydrogens (tertiary/aromatic N) is 1. The van der Waals surface area contributed by atoms with Crippen LogP contribution >= 0.6 is 23.2 Å². The minimum Gasteiger partial charge on any atom is -0.348 e. The number of halogens is 3. The van der Waals surface area contributed by atoms with Crippen LogP contribution in [0.5, 0.6) is 0 Å². The van der Waals surface area contributed by atoms with E-state index >= 15 is 0 Å². The lowest BCUT2D eigenvalue weighted by molar-refractivity contribution is 0.0948. The average molecular weight is 422 g/mol. The van der Waals surface area contributed by atoms with Crippen LogP contribution in [0.25, 0.3) is 0 Å². The molecule has 0 unspecified atom stereocenters. The molecule has 3 aromatic rings. The zero-order chi connectivity index (χ0) is 20.3. The molecule has 0 aliphatic rings. The molecular formula is C19H14Cl2FN3O3. The SMILES string of the molecule is O=C(NCc1ccc(Cl)cc1Cl)c1c[nH]c(=O)n(Cc2ccccc2F)c1=O. The van der Waals surface area contributed by atoms with Gasteiger partial charge in [-0.2, -0.15) is 0 Å². The van der Waals surface area contributed by atoms with Crippen LogP contribution in [0.15, 0.2) is 58.3 Å². The normalized spacial score (nSPS) is 10.7. The minimum atomic E-state index is -0.827. The van der Waals surface area contributed by atoms with Crippen molar-refractivity contribution in [2.24, 2.45) is 0 Å². The number of aromatic amines is 1. The van der Waals surface area contributed by atoms with Crippen LogP contribution in [0.1, 0.15) is 21.5 Å². The lowest BCUT2D eigenvalue weighted by Crippen LogP contribution is -2.40. The highest BCUT2D eigenvalue weighted by Gasteiger charge is 2.16. The third-order valence-corrected chi connectivity index (χ3v) is 4.63. The molecule has 0 bridgehead atoms. The van der Waals surface area contributed by atoms with Gasteiger partial charge in [0.2, 0.25) is 0 Å². The lowest BCUT2D eigenvalue weighted by atomic mass is 10.2. The molecule has 1 aromatic heterocycles. The first kappa shape index (κ1) is 19.9. The molecule has 3 rings (SSSR count). The van der Waals surface area contributed by atoms with Gasteiger partial charge in [-0.3, -0.25) is 14.2 Å². The van der Waals surface area contributed by atoms with E-state index in [9.17, 15) is 18.8 Å². The van der Waals surface area contributed by atoms with Gasteiger partial charge in [0, 0.05) is 28.4 Å². The van der Waals surface area contributed by atoms with Gasteiger partial charge in [0.05, 0.1) is 6.54 Å². The van der Waals surface area contributed by atoms with Gasteiger partial charge in [-0.1, -0.05) is 47.5 Å². The Bertz CT molecular complexity index is 1160. The van der Waals surface area contributed by atoms with Gasteiger partial charge in [-0.05, 0) is 23.8 Å². The molecule has 0 saturated carbocycles. The van der Waals surface area contributed by atoms with Crippen LogP contribution in [0.2, 0.25) is 10.0 Å². The van der Waals surface area contributed by atoms with Crippen LogP contribution < -0.4 is 16.6 Å². The first-order chi connectivity index (χ1) is 13.4. The van der Waals surface area contributed by atoms with Gasteiger partial charge in [-0.15, -0.1) is 0 Å². The molecular weight excluding hydrogens is 408 g/mol. The standard InChI is InChI=1S/C19H14Cl2FN3O3/c20-13-6-5-11(15(21)7-13)8-23-17(26)14-9-24-19(28)25(18(14)27)10-12-3-1-2-4-16(12)22/h1-7,9H,8,10H2,(H,23,26)(H,24,28). The van der Waals surface area contributed by atoms with E-state index in [-0.39, 0.29) is 24.2 Å². The Kier molecular flexibility index (Phi) is 5.96. The predicted octanol–water partition coefficient (Wildman–Crippen LogP) is 2.96. The predicted molar refractivity (Wildman–Crippen MR) is 104 cm³/mol. The third-order valence-electron chi connectivity index (χ3n) is 4.05. The molecule has 0 aliphatic carbocycles. The summed E-state index contributed by atoms with van der Waals surface area (Å²) >= 11 is 11.9. The summed E-state index contributed by atoms with van der Waals surface area (Å²) in [4.78, 5) is 39.3. The zero-order valence-corrected chi connectivity index (χ0v) is 15.9. The first-order valence-electron chi connectivity index (χ1n) is 8.15. The fourth-order valence-corrected chi connectivity index (χ4v) is 3.03. The second kappa shape index (κ2) is 8.41. The number of nitrogens with one attached hydrogen (secondary N) is 2. The van der Waals surface area contributed by atoms with E-state index in [2.05, 4.69) is 10.3 Å². The second-order valence-corrected chi connectivity index (χ2v) is 6.75. The summed E-state index contributed by atoms with van der Waals surface area (Å²) in [6.07, 6.45) is 1.03. The summed E-state index contributed by atoms with van der Waals surface area (Å²) in [6, 6.07) is 10.6. The maximum Gasteiger partial charge on any atom is 0.328 e. The molecule has 0 radical (unpaired) electrons. The Balaban J connectivity index is 1.84. The van der Waals surface area contributed by atoms with E-state index in [1.54, 1.807) is 18.2 Å². The maximum atomic E-state index is 13.8. The van der Waals surface area contributed by atoms with Crippen LogP contribution in [-0.4, -0.2) is 15.5 Å². The van der Waals surface area contributed by atoms with Crippen molar-refractivity contribution in [2.75, 3.05) is 0 Å². The molecule has 6 nitrogen and oxygen atoms in total. The molecule has 0 spiro atoms. The topological polar surface area (TPSA) is 84.0 Å². The Hall–Kier alpha value is -2.90. The molecule has 9 heteroatoms. The van der Waals surface area contributed by atoms with E-state index in [1.807, 2.05) is 0 Å². The molecule has 1 heterocycles. The van der Waals surface area contributed by atoms with Crippen molar-refractivity contribution in [3.8, 4) is 0 Å².